The first-order valence-electron chi connectivity index (χ1n) is 11.8. The lowest BCUT2D eigenvalue weighted by Crippen LogP contribution is -2.31. The maximum atomic E-state index is 12.9. The quantitative estimate of drug-likeness (QED) is 0.266. The van der Waals surface area contributed by atoms with Crippen LogP contribution in [0.2, 0.25) is 0 Å². The molecule has 2 amide bonds. The second kappa shape index (κ2) is 12.9. The van der Waals surface area contributed by atoms with Crippen LogP contribution < -0.4 is 10.6 Å². The molecule has 0 aliphatic carbocycles. The fourth-order valence-electron chi connectivity index (χ4n) is 3.65. The van der Waals surface area contributed by atoms with Crippen molar-refractivity contribution in [1.82, 2.24) is 20.1 Å². The zero-order valence-corrected chi connectivity index (χ0v) is 21.3. The van der Waals surface area contributed by atoms with Crippen LogP contribution in [0, 0.1) is 5.92 Å². The van der Waals surface area contributed by atoms with Gasteiger partial charge in [-0.05, 0) is 48.6 Å². The molecule has 3 aromatic rings. The van der Waals surface area contributed by atoms with Crippen molar-refractivity contribution in [2.75, 3.05) is 11.1 Å². The Morgan fingerprint density at radius 3 is 2.43 bits per heavy atom. The number of nitrogens with one attached hydrogen (secondary N) is 2. The lowest BCUT2D eigenvalue weighted by atomic mass is 10.0. The molecule has 0 fully saturated rings. The first-order valence-corrected chi connectivity index (χ1v) is 12.8. The van der Waals surface area contributed by atoms with E-state index in [1.807, 2.05) is 47.0 Å². The molecule has 1 aromatic heterocycles. The molecular formula is C27H33N5O2S. The predicted molar refractivity (Wildman–Crippen MR) is 141 cm³/mol. The van der Waals surface area contributed by atoms with E-state index < -0.39 is 0 Å². The summed E-state index contributed by atoms with van der Waals surface area (Å²) in [5.41, 5.74) is 2.58. The lowest BCUT2D eigenvalue weighted by molar-refractivity contribution is -0.113. The molecule has 0 saturated heterocycles. The number of carbonyl (C=O) groups is 2. The highest BCUT2D eigenvalue weighted by Crippen LogP contribution is 2.25. The fourth-order valence-corrected chi connectivity index (χ4v) is 4.40. The van der Waals surface area contributed by atoms with Gasteiger partial charge in [0.1, 0.15) is 0 Å². The molecule has 2 aromatic carbocycles. The Labute approximate surface area is 211 Å². The number of amides is 2. The van der Waals surface area contributed by atoms with Crippen molar-refractivity contribution < 1.29 is 9.59 Å². The van der Waals surface area contributed by atoms with Crippen LogP contribution in [-0.2, 0) is 17.8 Å². The molecule has 0 aliphatic rings. The molecule has 0 bridgehead atoms. The minimum Gasteiger partial charge on any atom is -0.342 e. The topological polar surface area (TPSA) is 88.9 Å². The van der Waals surface area contributed by atoms with Gasteiger partial charge >= 0.3 is 0 Å². The summed E-state index contributed by atoms with van der Waals surface area (Å²) >= 11 is 1.31. The molecule has 3 rings (SSSR count). The van der Waals surface area contributed by atoms with Crippen LogP contribution in [0.5, 0.6) is 0 Å². The number of carbonyl (C=O) groups excluding carboxylic acids is 2. The van der Waals surface area contributed by atoms with E-state index in [1.54, 1.807) is 18.2 Å². The fraction of sp³-hybridized carbons (Fsp3) is 0.333. The first-order chi connectivity index (χ1) is 16.9. The summed E-state index contributed by atoms with van der Waals surface area (Å²) in [7, 11) is 0. The number of allylic oxidation sites excluding steroid dienone is 1. The third-order valence-electron chi connectivity index (χ3n) is 5.40. The van der Waals surface area contributed by atoms with Crippen LogP contribution in [0.1, 0.15) is 55.0 Å². The number of thioether (sulfide) groups is 1. The smallest absolute Gasteiger partial charge is 0.251 e. The molecule has 8 heteroatoms. The van der Waals surface area contributed by atoms with E-state index >= 15 is 0 Å². The van der Waals surface area contributed by atoms with Crippen LogP contribution in [-0.4, -0.2) is 32.3 Å². The average molecular weight is 492 g/mol. The third kappa shape index (κ3) is 7.55. The number of anilines is 1. The second-order valence-corrected chi connectivity index (χ2v) is 9.59. The Bertz CT molecular complexity index is 1130. The van der Waals surface area contributed by atoms with E-state index in [0.717, 1.165) is 12.1 Å². The molecular weight excluding hydrogens is 458 g/mol. The number of aryl methyl sites for hydroxylation is 1. The van der Waals surface area contributed by atoms with Crippen LogP contribution in [0.15, 0.2) is 72.4 Å². The largest absolute Gasteiger partial charge is 0.342 e. The maximum Gasteiger partial charge on any atom is 0.251 e. The van der Waals surface area contributed by atoms with Gasteiger partial charge < -0.3 is 15.2 Å². The number of benzene rings is 2. The third-order valence-corrected chi connectivity index (χ3v) is 6.36. The van der Waals surface area contributed by atoms with Crippen molar-refractivity contribution in [3.05, 3.63) is 84.2 Å². The summed E-state index contributed by atoms with van der Waals surface area (Å²) in [6.45, 7) is 10.6. The predicted octanol–water partition coefficient (Wildman–Crippen LogP) is 5.27. The molecule has 35 heavy (non-hydrogen) atoms. The Hall–Kier alpha value is -3.39. The number of rotatable bonds is 12. The van der Waals surface area contributed by atoms with E-state index in [2.05, 4.69) is 48.2 Å². The van der Waals surface area contributed by atoms with E-state index in [1.165, 1.54) is 17.3 Å². The van der Waals surface area contributed by atoms with E-state index in [0.29, 0.717) is 35.4 Å². The molecule has 2 N–H and O–H groups in total. The zero-order valence-electron chi connectivity index (χ0n) is 20.5. The normalized spacial score (nSPS) is 11.8. The number of nitrogens with zero attached hydrogens (tertiary/aromatic N) is 3. The summed E-state index contributed by atoms with van der Waals surface area (Å²) in [6, 6.07) is 16.6. The van der Waals surface area contributed by atoms with Gasteiger partial charge in [0.15, 0.2) is 11.0 Å². The highest BCUT2D eigenvalue weighted by molar-refractivity contribution is 7.99. The van der Waals surface area contributed by atoms with E-state index in [4.69, 9.17) is 0 Å². The molecule has 1 atom stereocenters. The minimum absolute atomic E-state index is 0.120. The Balaban J connectivity index is 1.73. The highest BCUT2D eigenvalue weighted by Gasteiger charge is 2.24. The van der Waals surface area contributed by atoms with Gasteiger partial charge in [-0.15, -0.1) is 16.8 Å². The molecule has 1 unspecified atom stereocenters. The van der Waals surface area contributed by atoms with Crippen molar-refractivity contribution in [2.45, 2.75) is 51.4 Å². The van der Waals surface area contributed by atoms with E-state index in [9.17, 15) is 9.59 Å². The van der Waals surface area contributed by atoms with Crippen molar-refractivity contribution in [3.63, 3.8) is 0 Å². The molecule has 184 valence electrons. The Morgan fingerprint density at radius 2 is 1.80 bits per heavy atom. The van der Waals surface area contributed by atoms with Gasteiger partial charge in [0.25, 0.3) is 5.91 Å². The molecule has 0 aliphatic heterocycles. The van der Waals surface area contributed by atoms with Crippen molar-refractivity contribution >= 4 is 29.3 Å². The van der Waals surface area contributed by atoms with Crippen LogP contribution in [0.25, 0.3) is 0 Å². The molecule has 7 nitrogen and oxygen atoms in total. The van der Waals surface area contributed by atoms with Gasteiger partial charge in [-0.3, -0.25) is 9.59 Å². The average Bonchev–Trinajstić information content (AvgIpc) is 3.25. The van der Waals surface area contributed by atoms with Gasteiger partial charge in [0.2, 0.25) is 5.91 Å². The monoisotopic (exact) mass is 491 g/mol. The van der Waals surface area contributed by atoms with Crippen LogP contribution in [0.4, 0.5) is 5.69 Å². The van der Waals surface area contributed by atoms with Crippen LogP contribution in [0.3, 0.4) is 0 Å². The number of hydrogen-bond acceptors (Lipinski definition) is 5. The summed E-state index contributed by atoms with van der Waals surface area (Å²) in [5.74, 6) is 0.889. The Kier molecular flexibility index (Phi) is 9.66. The van der Waals surface area contributed by atoms with Gasteiger partial charge in [0.05, 0.1) is 11.8 Å². The summed E-state index contributed by atoms with van der Waals surface area (Å²) in [6.07, 6.45) is 3.42. The molecule has 0 radical (unpaired) electrons. The zero-order chi connectivity index (χ0) is 25.2. The van der Waals surface area contributed by atoms with Gasteiger partial charge in [-0.1, -0.05) is 68.9 Å². The molecule has 1 heterocycles. The lowest BCUT2D eigenvalue weighted by Gasteiger charge is -2.21. The second-order valence-electron chi connectivity index (χ2n) is 8.65. The molecule has 0 spiro atoms. The summed E-state index contributed by atoms with van der Waals surface area (Å²) in [5, 5.41) is 15.4. The summed E-state index contributed by atoms with van der Waals surface area (Å²) in [4.78, 5) is 25.4. The van der Waals surface area contributed by atoms with Crippen LogP contribution >= 0.6 is 11.8 Å². The number of hydrogen-bond donors (Lipinski definition) is 2. The number of aromatic nitrogens is 3. The van der Waals surface area contributed by atoms with Gasteiger partial charge in [0, 0.05) is 17.8 Å². The first kappa shape index (κ1) is 26.2. The van der Waals surface area contributed by atoms with Crippen molar-refractivity contribution in [3.8, 4) is 0 Å². The Morgan fingerprint density at radius 1 is 1.09 bits per heavy atom. The van der Waals surface area contributed by atoms with Gasteiger partial charge in [-0.25, -0.2) is 0 Å². The van der Waals surface area contributed by atoms with E-state index in [-0.39, 0.29) is 23.6 Å². The standard InChI is InChI=1S/C27H33N5O2S/c1-5-16-32-25(23(17-19(3)4)29-26(34)21-10-8-7-9-11-21)30-31-27(32)35-18-24(33)28-22-14-12-20(6-2)13-15-22/h5,7-15,19,23H,1,6,16-18H2,2-4H3,(H,28,33)(H,29,34). The van der Waals surface area contributed by atoms with Crippen molar-refractivity contribution in [1.29, 1.82) is 0 Å². The molecule has 0 saturated carbocycles. The SMILES string of the molecule is C=CCn1c(SCC(=O)Nc2ccc(CC)cc2)nnc1C(CC(C)C)NC(=O)c1ccccc1. The van der Waals surface area contributed by atoms with Gasteiger partial charge in [-0.2, -0.15) is 0 Å². The highest BCUT2D eigenvalue weighted by atomic mass is 32.2. The summed E-state index contributed by atoms with van der Waals surface area (Å²) < 4.78 is 1.92. The maximum absolute atomic E-state index is 12.9. The van der Waals surface area contributed by atoms with Crippen molar-refractivity contribution in [2.24, 2.45) is 5.92 Å². The minimum atomic E-state index is -0.324.